The zero-order valence-corrected chi connectivity index (χ0v) is 20.3. The monoisotopic (exact) mass is 508 g/mol. The van der Waals surface area contributed by atoms with Gasteiger partial charge >= 0.3 is 0 Å². The maximum atomic E-state index is 14.1. The fraction of sp³-hybridized carbons (Fsp3) is 0.200. The smallest absolute Gasteiger partial charge is 0.233 e. The first kappa shape index (κ1) is 23.3. The number of halogens is 2. The second kappa shape index (κ2) is 10.5. The van der Waals surface area contributed by atoms with Gasteiger partial charge in [0.15, 0.2) is 11.0 Å². The normalized spacial score (nSPS) is 13.8. The molecule has 2 aromatic carbocycles. The van der Waals surface area contributed by atoms with Gasteiger partial charge in [-0.2, -0.15) is 0 Å². The molecule has 1 fully saturated rings. The predicted octanol–water partition coefficient (Wildman–Crippen LogP) is 4.56. The number of rotatable bonds is 6. The van der Waals surface area contributed by atoms with Crippen LogP contribution in [-0.2, 0) is 4.79 Å². The Labute approximate surface area is 211 Å². The molecule has 1 aliphatic heterocycles. The van der Waals surface area contributed by atoms with Crippen LogP contribution in [0.15, 0.2) is 78.2 Å². The highest BCUT2D eigenvalue weighted by atomic mass is 35.5. The topological polar surface area (TPSA) is 67.2 Å². The molecule has 7 nitrogen and oxygen atoms in total. The van der Waals surface area contributed by atoms with E-state index in [0.29, 0.717) is 47.9 Å². The lowest BCUT2D eigenvalue weighted by atomic mass is 10.2. The molecule has 5 rings (SSSR count). The summed E-state index contributed by atoms with van der Waals surface area (Å²) in [5, 5.41) is 9.88. The molecule has 10 heteroatoms. The molecule has 35 heavy (non-hydrogen) atoms. The van der Waals surface area contributed by atoms with Crippen molar-refractivity contribution in [3.63, 3.8) is 0 Å². The number of nitrogens with zero attached hydrogens (tertiary/aromatic N) is 6. The van der Waals surface area contributed by atoms with Crippen LogP contribution in [0.3, 0.4) is 0 Å². The number of hydrogen-bond donors (Lipinski definition) is 0. The summed E-state index contributed by atoms with van der Waals surface area (Å²) < 4.78 is 16.0. The number of amides is 1. The van der Waals surface area contributed by atoms with Gasteiger partial charge in [-0.3, -0.25) is 14.3 Å². The van der Waals surface area contributed by atoms with Crippen molar-refractivity contribution in [2.45, 2.75) is 5.16 Å². The Morgan fingerprint density at radius 1 is 0.914 bits per heavy atom. The van der Waals surface area contributed by atoms with E-state index in [1.165, 1.54) is 17.8 Å². The van der Waals surface area contributed by atoms with Crippen molar-refractivity contribution in [3.05, 3.63) is 83.9 Å². The van der Waals surface area contributed by atoms with E-state index < -0.39 is 0 Å². The Bertz CT molecular complexity index is 1330. The van der Waals surface area contributed by atoms with Gasteiger partial charge in [0.25, 0.3) is 0 Å². The molecule has 3 heterocycles. The number of thioether (sulfide) groups is 1. The molecule has 0 bridgehead atoms. The minimum Gasteiger partial charge on any atom is -0.366 e. The summed E-state index contributed by atoms with van der Waals surface area (Å²) in [6.45, 7) is 2.24. The van der Waals surface area contributed by atoms with Crippen LogP contribution in [-0.4, -0.2) is 62.5 Å². The van der Waals surface area contributed by atoms with Gasteiger partial charge in [0.1, 0.15) is 5.82 Å². The van der Waals surface area contributed by atoms with Crippen LogP contribution >= 0.6 is 23.4 Å². The van der Waals surface area contributed by atoms with E-state index in [0.717, 1.165) is 11.3 Å². The second-order valence-electron chi connectivity index (χ2n) is 7.94. The fourth-order valence-corrected chi connectivity index (χ4v) is 5.09. The van der Waals surface area contributed by atoms with Gasteiger partial charge < -0.3 is 9.80 Å². The summed E-state index contributed by atoms with van der Waals surface area (Å²) in [5.41, 5.74) is 2.15. The first-order valence-corrected chi connectivity index (χ1v) is 12.5. The van der Waals surface area contributed by atoms with Gasteiger partial charge in [-0.05, 0) is 36.4 Å². The number of carbonyl (C=O) groups is 1. The molecular weight excluding hydrogens is 487 g/mol. The third-order valence-corrected chi connectivity index (χ3v) is 7.05. The van der Waals surface area contributed by atoms with Crippen LogP contribution in [0.4, 0.5) is 10.1 Å². The quantitative estimate of drug-likeness (QED) is 0.356. The molecule has 0 atom stereocenters. The molecule has 0 radical (unpaired) electrons. The first-order chi connectivity index (χ1) is 17.1. The molecule has 1 aliphatic rings. The number of pyridine rings is 1. The van der Waals surface area contributed by atoms with Gasteiger partial charge in [-0.15, -0.1) is 10.2 Å². The summed E-state index contributed by atoms with van der Waals surface area (Å²) in [4.78, 5) is 20.9. The van der Waals surface area contributed by atoms with Crippen molar-refractivity contribution < 1.29 is 9.18 Å². The van der Waals surface area contributed by atoms with E-state index >= 15 is 0 Å². The summed E-state index contributed by atoms with van der Waals surface area (Å²) in [7, 11) is 0. The number of piperazine rings is 1. The predicted molar refractivity (Wildman–Crippen MR) is 136 cm³/mol. The summed E-state index contributed by atoms with van der Waals surface area (Å²) in [6, 6.07) is 17.9. The van der Waals surface area contributed by atoms with Gasteiger partial charge in [0.05, 0.1) is 22.2 Å². The Morgan fingerprint density at radius 2 is 1.60 bits per heavy atom. The molecule has 0 aliphatic carbocycles. The lowest BCUT2D eigenvalue weighted by molar-refractivity contribution is -0.128. The van der Waals surface area contributed by atoms with E-state index in [1.54, 1.807) is 24.5 Å². The highest BCUT2D eigenvalue weighted by Gasteiger charge is 2.24. The molecule has 4 aromatic rings. The van der Waals surface area contributed by atoms with E-state index in [-0.39, 0.29) is 17.5 Å². The number of benzene rings is 2. The zero-order chi connectivity index (χ0) is 24.2. The first-order valence-electron chi connectivity index (χ1n) is 11.1. The maximum Gasteiger partial charge on any atom is 0.233 e. The van der Waals surface area contributed by atoms with Crippen molar-refractivity contribution >= 4 is 35.0 Å². The molecule has 1 amide bonds. The molecule has 0 N–H and O–H groups in total. The molecular formula is C25H22ClFN6OS. The van der Waals surface area contributed by atoms with Crippen molar-refractivity contribution in [1.82, 2.24) is 24.6 Å². The fourth-order valence-electron chi connectivity index (χ4n) is 4.02. The summed E-state index contributed by atoms with van der Waals surface area (Å²) in [5.74, 6) is 0.585. The van der Waals surface area contributed by atoms with Crippen LogP contribution in [0.5, 0.6) is 0 Å². The van der Waals surface area contributed by atoms with Crippen LogP contribution in [0.25, 0.3) is 17.1 Å². The Balaban J connectivity index is 1.30. The number of para-hydroxylation sites is 2. The van der Waals surface area contributed by atoms with E-state index in [4.69, 9.17) is 11.6 Å². The van der Waals surface area contributed by atoms with Gasteiger partial charge in [0, 0.05) is 44.1 Å². The molecule has 1 saturated heterocycles. The Hall–Kier alpha value is -3.43. The van der Waals surface area contributed by atoms with Crippen LogP contribution in [0.1, 0.15) is 0 Å². The van der Waals surface area contributed by atoms with Crippen LogP contribution in [0, 0.1) is 5.82 Å². The molecule has 2 aromatic heterocycles. The SMILES string of the molecule is O=C(CSc1nnc(-c2ccncc2)n1-c1ccccc1Cl)N1CCN(c2ccccc2F)CC1. The van der Waals surface area contributed by atoms with Gasteiger partial charge in [-0.25, -0.2) is 4.39 Å². The zero-order valence-electron chi connectivity index (χ0n) is 18.7. The van der Waals surface area contributed by atoms with Crippen molar-refractivity contribution in [2.24, 2.45) is 0 Å². The van der Waals surface area contributed by atoms with E-state index in [9.17, 15) is 9.18 Å². The average molecular weight is 509 g/mol. The number of hydrogen-bond acceptors (Lipinski definition) is 6. The summed E-state index contributed by atoms with van der Waals surface area (Å²) >= 11 is 7.82. The molecule has 0 unspecified atom stereocenters. The Kier molecular flexibility index (Phi) is 6.96. The highest BCUT2D eigenvalue weighted by molar-refractivity contribution is 7.99. The largest absolute Gasteiger partial charge is 0.366 e. The third-order valence-electron chi connectivity index (χ3n) is 5.82. The number of carbonyl (C=O) groups excluding carboxylic acids is 1. The van der Waals surface area contributed by atoms with Crippen LogP contribution in [0.2, 0.25) is 5.02 Å². The van der Waals surface area contributed by atoms with E-state index in [1.807, 2.05) is 56.8 Å². The molecule has 0 saturated carbocycles. The van der Waals surface area contributed by atoms with Crippen molar-refractivity contribution in [1.29, 1.82) is 0 Å². The third kappa shape index (κ3) is 5.01. The second-order valence-corrected chi connectivity index (χ2v) is 9.29. The van der Waals surface area contributed by atoms with Crippen molar-refractivity contribution in [2.75, 3.05) is 36.8 Å². The summed E-state index contributed by atoms with van der Waals surface area (Å²) in [6.07, 6.45) is 3.39. The van der Waals surface area contributed by atoms with E-state index in [2.05, 4.69) is 15.2 Å². The lowest BCUT2D eigenvalue weighted by Crippen LogP contribution is -2.49. The molecule has 0 spiro atoms. The van der Waals surface area contributed by atoms with Crippen LogP contribution < -0.4 is 4.90 Å². The highest BCUT2D eigenvalue weighted by Crippen LogP contribution is 2.31. The number of anilines is 1. The maximum absolute atomic E-state index is 14.1. The molecule has 178 valence electrons. The minimum absolute atomic E-state index is 0.00218. The van der Waals surface area contributed by atoms with Crippen molar-refractivity contribution in [3.8, 4) is 17.1 Å². The minimum atomic E-state index is -0.244. The number of aromatic nitrogens is 4. The van der Waals surface area contributed by atoms with Gasteiger partial charge in [-0.1, -0.05) is 47.6 Å². The van der Waals surface area contributed by atoms with Gasteiger partial charge in [0.2, 0.25) is 5.91 Å². The average Bonchev–Trinajstić information content (AvgIpc) is 3.32. The standard InChI is InChI=1S/C25H22ClFN6OS/c26-19-5-1-3-7-21(19)33-24(18-9-11-28-12-10-18)29-30-25(33)35-17-23(34)32-15-13-31(14-16-32)22-8-4-2-6-20(22)27/h1-12H,13-17H2. The lowest BCUT2D eigenvalue weighted by Gasteiger charge is -2.36. The Morgan fingerprint density at radius 3 is 2.31 bits per heavy atom.